The predicted molar refractivity (Wildman–Crippen MR) is 63.4 cm³/mol. The molecule has 0 saturated carbocycles. The first-order valence-electron chi connectivity index (χ1n) is 6.42. The van der Waals surface area contributed by atoms with Crippen LogP contribution in [0.1, 0.15) is 13.8 Å². The highest BCUT2D eigenvalue weighted by molar-refractivity contribution is 4.79. The molecule has 0 amide bonds. The minimum absolute atomic E-state index is 0.563. The van der Waals surface area contributed by atoms with Gasteiger partial charge in [-0.15, -0.1) is 0 Å². The van der Waals surface area contributed by atoms with E-state index in [1.54, 1.807) is 0 Å². The quantitative estimate of drug-likeness (QED) is 0.707. The van der Waals surface area contributed by atoms with Crippen molar-refractivity contribution in [2.24, 2.45) is 5.92 Å². The summed E-state index contributed by atoms with van der Waals surface area (Å²) >= 11 is 0. The number of rotatable bonds is 3. The Morgan fingerprint density at radius 1 is 0.750 bits per heavy atom. The van der Waals surface area contributed by atoms with Crippen molar-refractivity contribution in [3.05, 3.63) is 0 Å². The van der Waals surface area contributed by atoms with E-state index in [1.807, 2.05) is 0 Å². The molecular weight excluding hydrogens is 204 g/mol. The summed E-state index contributed by atoms with van der Waals surface area (Å²) in [5.41, 5.74) is 0. The molecule has 2 rings (SSSR count). The van der Waals surface area contributed by atoms with Crippen molar-refractivity contribution in [3.8, 4) is 0 Å². The van der Waals surface area contributed by atoms with Crippen molar-refractivity contribution in [2.45, 2.75) is 20.0 Å². The van der Waals surface area contributed by atoms with Gasteiger partial charge in [0.05, 0.1) is 32.6 Å². The molecule has 0 aromatic carbocycles. The molecule has 2 saturated heterocycles. The molecule has 4 heteroatoms. The van der Waals surface area contributed by atoms with Gasteiger partial charge in [-0.1, -0.05) is 13.8 Å². The largest absolute Gasteiger partial charge is 0.379 e. The van der Waals surface area contributed by atoms with E-state index < -0.39 is 0 Å². The van der Waals surface area contributed by atoms with Crippen molar-refractivity contribution >= 4 is 0 Å². The number of ether oxygens (including phenoxy) is 2. The van der Waals surface area contributed by atoms with Crippen LogP contribution in [0.25, 0.3) is 0 Å². The molecule has 0 radical (unpaired) electrons. The fourth-order valence-corrected chi connectivity index (χ4v) is 2.76. The van der Waals surface area contributed by atoms with Crippen LogP contribution in [0.3, 0.4) is 0 Å². The zero-order chi connectivity index (χ0) is 11.4. The zero-order valence-corrected chi connectivity index (χ0v) is 10.5. The van der Waals surface area contributed by atoms with Gasteiger partial charge in [0, 0.05) is 26.2 Å². The average Bonchev–Trinajstić information content (AvgIpc) is 2.31. The Morgan fingerprint density at radius 2 is 1.12 bits per heavy atom. The normalized spacial score (nSPS) is 25.5. The van der Waals surface area contributed by atoms with Gasteiger partial charge in [0.25, 0.3) is 0 Å². The van der Waals surface area contributed by atoms with Gasteiger partial charge >= 0.3 is 0 Å². The third-order valence-electron chi connectivity index (χ3n) is 3.44. The Kier molecular flexibility index (Phi) is 4.58. The highest BCUT2D eigenvalue weighted by atomic mass is 16.5. The molecule has 0 aromatic heterocycles. The summed E-state index contributed by atoms with van der Waals surface area (Å²) in [6.07, 6.45) is 0.563. The summed E-state index contributed by atoms with van der Waals surface area (Å²) in [6, 6.07) is 0. The topological polar surface area (TPSA) is 24.9 Å². The SMILES string of the molecule is CC(C)C(N1CCOCC1)N1CCOCC1. The fraction of sp³-hybridized carbons (Fsp3) is 1.00. The molecule has 94 valence electrons. The predicted octanol–water partition coefficient (Wildman–Crippen LogP) is 0.633. The molecule has 16 heavy (non-hydrogen) atoms. The van der Waals surface area contributed by atoms with E-state index in [0.29, 0.717) is 12.1 Å². The van der Waals surface area contributed by atoms with Crippen molar-refractivity contribution in [3.63, 3.8) is 0 Å². The number of morpholine rings is 2. The first kappa shape index (κ1) is 12.3. The van der Waals surface area contributed by atoms with Crippen LogP contribution in [0.2, 0.25) is 0 Å². The molecule has 0 aliphatic carbocycles. The summed E-state index contributed by atoms with van der Waals surface area (Å²) in [5.74, 6) is 0.663. The van der Waals surface area contributed by atoms with Gasteiger partial charge in [-0.05, 0) is 5.92 Å². The molecule has 2 heterocycles. The van der Waals surface area contributed by atoms with Crippen LogP contribution in [0.5, 0.6) is 0 Å². The molecule has 4 nitrogen and oxygen atoms in total. The fourth-order valence-electron chi connectivity index (χ4n) is 2.76. The maximum Gasteiger partial charge on any atom is 0.0649 e. The highest BCUT2D eigenvalue weighted by Crippen LogP contribution is 2.18. The molecule has 0 atom stereocenters. The Bertz CT molecular complexity index is 181. The van der Waals surface area contributed by atoms with Crippen molar-refractivity contribution in [1.29, 1.82) is 0 Å². The lowest BCUT2D eigenvalue weighted by atomic mass is 10.1. The molecule has 0 spiro atoms. The molecular formula is C12H24N2O2. The van der Waals surface area contributed by atoms with E-state index in [0.717, 1.165) is 52.6 Å². The van der Waals surface area contributed by atoms with Crippen molar-refractivity contribution < 1.29 is 9.47 Å². The second kappa shape index (κ2) is 5.96. The lowest BCUT2D eigenvalue weighted by Crippen LogP contribution is -2.57. The minimum atomic E-state index is 0.563. The van der Waals surface area contributed by atoms with Crippen LogP contribution in [-0.2, 0) is 9.47 Å². The third kappa shape index (κ3) is 2.94. The van der Waals surface area contributed by atoms with Gasteiger partial charge < -0.3 is 9.47 Å². The molecule has 0 unspecified atom stereocenters. The van der Waals surface area contributed by atoms with Crippen LogP contribution in [-0.4, -0.2) is 68.6 Å². The lowest BCUT2D eigenvalue weighted by Gasteiger charge is -2.44. The van der Waals surface area contributed by atoms with E-state index in [-0.39, 0.29) is 0 Å². The van der Waals surface area contributed by atoms with E-state index >= 15 is 0 Å². The third-order valence-corrected chi connectivity index (χ3v) is 3.44. The molecule has 2 aliphatic rings. The molecule has 0 bridgehead atoms. The number of nitrogens with zero attached hydrogens (tertiary/aromatic N) is 2. The van der Waals surface area contributed by atoms with E-state index in [1.165, 1.54) is 0 Å². The molecule has 2 aliphatic heterocycles. The van der Waals surface area contributed by atoms with Crippen molar-refractivity contribution in [2.75, 3.05) is 52.6 Å². The molecule has 0 N–H and O–H groups in total. The van der Waals surface area contributed by atoms with E-state index in [2.05, 4.69) is 23.6 Å². The zero-order valence-electron chi connectivity index (χ0n) is 10.5. The Balaban J connectivity index is 1.96. The van der Waals surface area contributed by atoms with Crippen molar-refractivity contribution in [1.82, 2.24) is 9.80 Å². The molecule has 0 aromatic rings. The van der Waals surface area contributed by atoms with Crippen LogP contribution >= 0.6 is 0 Å². The van der Waals surface area contributed by atoms with Gasteiger partial charge in [0.2, 0.25) is 0 Å². The first-order valence-corrected chi connectivity index (χ1v) is 6.42. The maximum absolute atomic E-state index is 5.43. The standard InChI is InChI=1S/C12H24N2O2/c1-11(2)12(13-3-7-15-8-4-13)14-5-9-16-10-6-14/h11-12H,3-10H2,1-2H3. The van der Waals surface area contributed by atoms with Gasteiger partial charge in [-0.2, -0.15) is 0 Å². The van der Waals surface area contributed by atoms with E-state index in [9.17, 15) is 0 Å². The van der Waals surface area contributed by atoms with Gasteiger partial charge in [0.15, 0.2) is 0 Å². The number of hydrogen-bond acceptors (Lipinski definition) is 4. The summed E-state index contributed by atoms with van der Waals surface area (Å²) in [4.78, 5) is 5.14. The first-order chi connectivity index (χ1) is 7.79. The number of hydrogen-bond donors (Lipinski definition) is 0. The molecule has 2 fully saturated rings. The maximum atomic E-state index is 5.43. The second-order valence-corrected chi connectivity index (χ2v) is 4.95. The summed E-state index contributed by atoms with van der Waals surface area (Å²) in [6.45, 7) is 12.4. The van der Waals surface area contributed by atoms with Gasteiger partial charge in [-0.25, -0.2) is 0 Å². The summed E-state index contributed by atoms with van der Waals surface area (Å²) in [5, 5.41) is 0. The van der Waals surface area contributed by atoms with Crippen LogP contribution in [0, 0.1) is 5.92 Å². The summed E-state index contributed by atoms with van der Waals surface area (Å²) < 4.78 is 10.9. The Hall–Kier alpha value is -0.160. The second-order valence-electron chi connectivity index (χ2n) is 4.95. The van der Waals surface area contributed by atoms with Crippen LogP contribution < -0.4 is 0 Å². The minimum Gasteiger partial charge on any atom is -0.379 e. The van der Waals surface area contributed by atoms with Crippen LogP contribution in [0.4, 0.5) is 0 Å². The average molecular weight is 228 g/mol. The Labute approximate surface area is 98.5 Å². The highest BCUT2D eigenvalue weighted by Gasteiger charge is 2.30. The monoisotopic (exact) mass is 228 g/mol. The summed E-state index contributed by atoms with van der Waals surface area (Å²) in [7, 11) is 0. The van der Waals surface area contributed by atoms with Gasteiger partial charge in [-0.3, -0.25) is 9.80 Å². The smallest absolute Gasteiger partial charge is 0.0649 e. The van der Waals surface area contributed by atoms with Crippen LogP contribution in [0.15, 0.2) is 0 Å². The lowest BCUT2D eigenvalue weighted by molar-refractivity contribution is -0.0813. The Morgan fingerprint density at radius 3 is 1.44 bits per heavy atom. The van der Waals surface area contributed by atoms with Gasteiger partial charge in [0.1, 0.15) is 0 Å². The van der Waals surface area contributed by atoms with E-state index in [4.69, 9.17) is 9.47 Å².